The molecule has 15 nitrogen and oxygen atoms in total. The molecule has 0 spiro atoms. The van der Waals surface area contributed by atoms with E-state index in [0.29, 0.717) is 6.42 Å². The molecule has 3 saturated heterocycles. The monoisotopic (exact) mass is 748 g/mol. The van der Waals surface area contributed by atoms with Gasteiger partial charge in [-0.25, -0.2) is 0 Å². The van der Waals surface area contributed by atoms with E-state index in [4.69, 9.17) is 28.4 Å². The van der Waals surface area contributed by atoms with Crippen LogP contribution in [-0.4, -0.2) is 153 Å². The summed E-state index contributed by atoms with van der Waals surface area (Å²) in [7, 11) is 5.19. The van der Waals surface area contributed by atoms with Gasteiger partial charge in [-0.1, -0.05) is 32.9 Å². The number of carbonyl (C=O) groups is 1. The van der Waals surface area contributed by atoms with Gasteiger partial charge in [0, 0.05) is 37.3 Å². The first kappa shape index (κ1) is 44.9. The highest BCUT2D eigenvalue weighted by Crippen LogP contribution is 2.41. The lowest BCUT2D eigenvalue weighted by molar-refractivity contribution is -0.317. The van der Waals surface area contributed by atoms with Gasteiger partial charge in [0.05, 0.1) is 53.4 Å². The van der Waals surface area contributed by atoms with E-state index in [2.05, 4.69) is 5.16 Å². The number of methoxy groups -OCH3 is 1. The molecule has 4 unspecified atom stereocenters. The third-order valence-electron chi connectivity index (χ3n) is 12.0. The van der Waals surface area contributed by atoms with E-state index < -0.39 is 102 Å². The first-order chi connectivity index (χ1) is 24.0. The van der Waals surface area contributed by atoms with E-state index in [9.17, 15) is 35.5 Å². The lowest BCUT2D eigenvalue weighted by Crippen LogP contribution is -2.61. The molecule has 3 rings (SSSR count). The maximum atomic E-state index is 14.1. The van der Waals surface area contributed by atoms with Crippen LogP contribution >= 0.6 is 0 Å². The molecule has 304 valence electrons. The summed E-state index contributed by atoms with van der Waals surface area (Å²) in [5.74, 6) is -4.24. The van der Waals surface area contributed by atoms with Gasteiger partial charge in [-0.05, 0) is 74.9 Å². The van der Waals surface area contributed by atoms with Gasteiger partial charge in [0.2, 0.25) is 0 Å². The number of carbonyl (C=O) groups excluding carboxylic acids is 1. The number of aliphatic hydroxyl groups excluding tert-OH is 3. The van der Waals surface area contributed by atoms with Gasteiger partial charge in [-0.15, -0.1) is 0 Å². The molecule has 3 fully saturated rings. The maximum absolute atomic E-state index is 14.1. The summed E-state index contributed by atoms with van der Waals surface area (Å²) in [6, 6.07) is -0.322. The van der Waals surface area contributed by atoms with E-state index in [-0.39, 0.29) is 37.1 Å². The van der Waals surface area contributed by atoms with Crippen molar-refractivity contribution in [3.05, 3.63) is 0 Å². The Hall–Kier alpha value is -1.50. The summed E-state index contributed by atoms with van der Waals surface area (Å²) < 4.78 is 37.2. The molecule has 3 heterocycles. The van der Waals surface area contributed by atoms with Crippen LogP contribution in [0.3, 0.4) is 0 Å². The highest BCUT2D eigenvalue weighted by atomic mass is 16.7. The molecule has 0 aliphatic carbocycles. The highest BCUT2D eigenvalue weighted by molar-refractivity contribution is 5.88. The Morgan fingerprint density at radius 2 is 1.54 bits per heavy atom. The Morgan fingerprint density at radius 3 is 2.08 bits per heavy atom. The zero-order valence-corrected chi connectivity index (χ0v) is 33.4. The molecule has 6 N–H and O–H groups in total. The number of hydrogen-bond acceptors (Lipinski definition) is 15. The minimum atomic E-state index is -1.97. The molecule has 0 saturated carbocycles. The third-order valence-corrected chi connectivity index (χ3v) is 12.0. The number of esters is 1. The molecule has 15 heteroatoms. The van der Waals surface area contributed by atoms with Crippen molar-refractivity contribution >= 4 is 11.7 Å². The number of nitrogens with zero attached hydrogens (tertiary/aromatic N) is 2. The summed E-state index contributed by atoms with van der Waals surface area (Å²) in [6.07, 6.45) is -9.51. The fraction of sp³-hybridized carbons (Fsp3) is 0.946. The van der Waals surface area contributed by atoms with Crippen molar-refractivity contribution in [3.63, 3.8) is 0 Å². The predicted molar refractivity (Wildman–Crippen MR) is 190 cm³/mol. The molecule has 3 aliphatic heterocycles. The number of rotatable bonds is 7. The van der Waals surface area contributed by atoms with Crippen molar-refractivity contribution in [2.45, 2.75) is 179 Å². The minimum Gasteiger partial charge on any atom is -0.459 e. The normalized spacial score (nSPS) is 49.8. The first-order valence-corrected chi connectivity index (χ1v) is 18.7. The van der Waals surface area contributed by atoms with Gasteiger partial charge >= 0.3 is 5.97 Å². The van der Waals surface area contributed by atoms with E-state index >= 15 is 0 Å². The molecule has 3 aliphatic rings. The van der Waals surface area contributed by atoms with Crippen LogP contribution in [0.4, 0.5) is 0 Å². The van der Waals surface area contributed by atoms with Gasteiger partial charge in [-0.2, -0.15) is 0 Å². The van der Waals surface area contributed by atoms with Gasteiger partial charge in [-0.3, -0.25) is 4.79 Å². The quantitative estimate of drug-likeness (QED) is 0.125. The smallest absolute Gasteiger partial charge is 0.311 e. The minimum absolute atomic E-state index is 0.0657. The number of likely N-dealkylation sites (N-methyl/N-ethyl adjacent to an activating group) is 1. The zero-order chi connectivity index (χ0) is 39.7. The molecule has 0 aromatic rings. The van der Waals surface area contributed by atoms with Crippen LogP contribution in [0.2, 0.25) is 0 Å². The Bertz CT molecular complexity index is 1200. The van der Waals surface area contributed by atoms with Crippen LogP contribution in [0.1, 0.15) is 94.9 Å². The Morgan fingerprint density at radius 1 is 0.923 bits per heavy atom. The van der Waals surface area contributed by atoms with Crippen molar-refractivity contribution in [1.82, 2.24) is 4.90 Å². The predicted octanol–water partition coefficient (Wildman–Crippen LogP) is 2.05. The number of hydrogen-bond donors (Lipinski definition) is 6. The SMILES string of the molecule is CC[C@H]1OC(=O)[C@H](C)[C@H](OC2C[C@](C)(OC)[C@H](O)[C@@H](C)O2)[C@H](C)[C@H](OC2O[C@H](C)C[C@H](N(C)C)[C@@H]2O)C(C)(O)C[C@H](C)/C(=N/O)C(C)[C@H](O)[C@@]1(C)O. The highest BCUT2D eigenvalue weighted by Gasteiger charge is 2.53. The van der Waals surface area contributed by atoms with Gasteiger partial charge < -0.3 is 64.1 Å². The van der Waals surface area contributed by atoms with Crippen molar-refractivity contribution < 1.29 is 64.0 Å². The maximum Gasteiger partial charge on any atom is 0.311 e. The summed E-state index contributed by atoms with van der Waals surface area (Å²) >= 11 is 0. The van der Waals surface area contributed by atoms with Crippen LogP contribution in [0.5, 0.6) is 0 Å². The van der Waals surface area contributed by atoms with Crippen molar-refractivity contribution in [2.24, 2.45) is 28.8 Å². The lowest BCUT2D eigenvalue weighted by atomic mass is 9.73. The summed E-state index contributed by atoms with van der Waals surface area (Å²) in [5, 5.41) is 71.8. The number of cyclic esters (lactones) is 1. The Balaban J connectivity index is 2.21. The number of oxime groups is 1. The summed E-state index contributed by atoms with van der Waals surface area (Å²) in [4.78, 5) is 16.0. The second kappa shape index (κ2) is 17.5. The summed E-state index contributed by atoms with van der Waals surface area (Å²) in [5.41, 5.74) is -4.68. The molecule has 0 aromatic heterocycles. The fourth-order valence-electron chi connectivity index (χ4n) is 8.61. The van der Waals surface area contributed by atoms with Crippen LogP contribution in [0.25, 0.3) is 0 Å². The first-order valence-electron chi connectivity index (χ1n) is 18.7. The average Bonchev–Trinajstić information content (AvgIpc) is 3.06. The number of ether oxygens (including phenoxy) is 6. The lowest BCUT2D eigenvalue weighted by Gasteiger charge is -2.49. The van der Waals surface area contributed by atoms with E-state index in [1.165, 1.54) is 14.0 Å². The molecular formula is C37H68N2O13. The number of aliphatic hydroxyl groups is 5. The third kappa shape index (κ3) is 9.47. The van der Waals surface area contributed by atoms with Crippen LogP contribution < -0.4 is 0 Å². The van der Waals surface area contributed by atoms with Crippen LogP contribution in [0, 0.1) is 23.7 Å². The molecule has 18 atom stereocenters. The summed E-state index contributed by atoms with van der Waals surface area (Å²) in [6.45, 7) is 16.6. The fourth-order valence-corrected chi connectivity index (χ4v) is 8.61. The average molecular weight is 749 g/mol. The molecule has 0 amide bonds. The molecule has 0 bridgehead atoms. The molecule has 0 aromatic carbocycles. The standard InChI is InChI=1S/C37H68N2O13/c1-14-25-37(10,45)30(41)20(4)27(38-46)18(2)16-35(8,44)32(52-34-28(40)24(39(11)12)15-19(3)48-34)21(5)29(22(6)33(43)50-25)51-26-17-36(9,47-13)31(42)23(7)49-26/h18-26,28-32,34,40-42,44-46H,14-17H2,1-13H3/b38-27-/t18-,19+,20?,21-,22+,23+,24-,25+,26?,28-,29+,30-,31+,32-,34?,35?,36-,37-/m0/s1. The second-order valence-corrected chi connectivity index (χ2v) is 16.6. The molecule has 0 radical (unpaired) electrons. The Labute approximate surface area is 309 Å². The molecular weight excluding hydrogens is 680 g/mol. The van der Waals surface area contributed by atoms with Crippen molar-refractivity contribution in [3.8, 4) is 0 Å². The van der Waals surface area contributed by atoms with E-state index in [0.717, 1.165) is 0 Å². The van der Waals surface area contributed by atoms with E-state index in [1.807, 2.05) is 25.9 Å². The van der Waals surface area contributed by atoms with Crippen molar-refractivity contribution in [2.75, 3.05) is 21.2 Å². The van der Waals surface area contributed by atoms with Gasteiger partial charge in [0.25, 0.3) is 0 Å². The zero-order valence-electron chi connectivity index (χ0n) is 33.4. The molecule has 52 heavy (non-hydrogen) atoms. The van der Waals surface area contributed by atoms with Crippen molar-refractivity contribution in [1.29, 1.82) is 0 Å². The Kier molecular flexibility index (Phi) is 15.1. The topological polar surface area (TPSA) is 209 Å². The van der Waals surface area contributed by atoms with Gasteiger partial charge in [0.1, 0.15) is 23.9 Å². The van der Waals surface area contributed by atoms with E-state index in [1.54, 1.807) is 55.4 Å². The van der Waals surface area contributed by atoms with Gasteiger partial charge in [0.15, 0.2) is 12.6 Å². The van der Waals surface area contributed by atoms with Crippen LogP contribution in [-0.2, 0) is 33.2 Å². The second-order valence-electron chi connectivity index (χ2n) is 16.6. The van der Waals surface area contributed by atoms with Crippen LogP contribution in [0.15, 0.2) is 5.16 Å². The largest absolute Gasteiger partial charge is 0.459 e.